The predicted molar refractivity (Wildman–Crippen MR) is 82.9 cm³/mol. The van der Waals surface area contributed by atoms with Crippen molar-refractivity contribution in [2.45, 2.75) is 32.2 Å². The smallest absolute Gasteiger partial charge is 0.225 e. The van der Waals surface area contributed by atoms with Crippen molar-refractivity contribution in [1.29, 1.82) is 0 Å². The summed E-state index contributed by atoms with van der Waals surface area (Å²) in [6, 6.07) is 12.8. The number of hydrogen-bond acceptors (Lipinski definition) is 4. The van der Waals surface area contributed by atoms with Crippen LogP contribution in [0, 0.1) is 0 Å². The summed E-state index contributed by atoms with van der Waals surface area (Å²) in [6.45, 7) is 3.07. The van der Waals surface area contributed by atoms with Gasteiger partial charge < -0.3 is 10.6 Å². The average Bonchev–Trinajstić information content (AvgIpc) is 3.30. The van der Waals surface area contributed by atoms with Crippen LogP contribution < -0.4 is 10.6 Å². The van der Waals surface area contributed by atoms with Crippen LogP contribution in [0.15, 0.2) is 36.4 Å². The minimum Gasteiger partial charge on any atom is -0.370 e. The van der Waals surface area contributed by atoms with Crippen LogP contribution in [0.25, 0.3) is 11.3 Å². The average molecular weight is 268 g/mol. The topological polar surface area (TPSA) is 49.8 Å². The number of anilines is 2. The molecule has 0 spiro atoms. The molecular weight excluding hydrogens is 248 g/mol. The molecule has 3 rings (SSSR count). The van der Waals surface area contributed by atoms with E-state index in [1.807, 2.05) is 24.3 Å². The van der Waals surface area contributed by atoms with E-state index < -0.39 is 0 Å². The van der Waals surface area contributed by atoms with Gasteiger partial charge in [-0.3, -0.25) is 0 Å². The van der Waals surface area contributed by atoms with Gasteiger partial charge in [0.15, 0.2) is 0 Å². The van der Waals surface area contributed by atoms with Gasteiger partial charge in [0, 0.05) is 24.2 Å². The summed E-state index contributed by atoms with van der Waals surface area (Å²) in [6.07, 6.45) is 3.52. The lowest BCUT2D eigenvalue weighted by Gasteiger charge is -2.10. The van der Waals surface area contributed by atoms with Crippen molar-refractivity contribution in [2.24, 2.45) is 0 Å². The van der Waals surface area contributed by atoms with Crippen LogP contribution in [0.2, 0.25) is 0 Å². The maximum absolute atomic E-state index is 4.63. The van der Waals surface area contributed by atoms with E-state index in [4.69, 9.17) is 0 Å². The highest BCUT2D eigenvalue weighted by molar-refractivity contribution is 5.64. The summed E-state index contributed by atoms with van der Waals surface area (Å²) in [5.74, 6) is 1.62. The van der Waals surface area contributed by atoms with E-state index >= 15 is 0 Å². The lowest BCUT2D eigenvalue weighted by Crippen LogP contribution is -2.09. The zero-order valence-electron chi connectivity index (χ0n) is 11.8. The fourth-order valence-corrected chi connectivity index (χ4v) is 2.02. The summed E-state index contributed by atoms with van der Waals surface area (Å²) in [4.78, 5) is 9.17. The van der Waals surface area contributed by atoms with Gasteiger partial charge in [-0.2, -0.15) is 4.98 Å². The van der Waals surface area contributed by atoms with Crippen molar-refractivity contribution in [3.8, 4) is 11.3 Å². The van der Waals surface area contributed by atoms with Gasteiger partial charge in [0.2, 0.25) is 5.95 Å². The number of rotatable bonds is 6. The van der Waals surface area contributed by atoms with Crippen LogP contribution in [0.1, 0.15) is 26.2 Å². The molecule has 104 valence electrons. The Morgan fingerprint density at radius 1 is 1.15 bits per heavy atom. The maximum atomic E-state index is 4.63. The molecule has 2 N–H and O–H groups in total. The third-order valence-corrected chi connectivity index (χ3v) is 3.26. The Hall–Kier alpha value is -2.10. The normalized spacial score (nSPS) is 14.1. The van der Waals surface area contributed by atoms with Gasteiger partial charge in [0.25, 0.3) is 0 Å². The van der Waals surface area contributed by atoms with Crippen LogP contribution in [-0.4, -0.2) is 22.6 Å². The van der Waals surface area contributed by atoms with Gasteiger partial charge >= 0.3 is 0 Å². The number of aromatic nitrogens is 2. The van der Waals surface area contributed by atoms with E-state index in [0.717, 1.165) is 36.0 Å². The van der Waals surface area contributed by atoms with E-state index in [9.17, 15) is 0 Å². The molecule has 2 aromatic rings. The van der Waals surface area contributed by atoms with Crippen molar-refractivity contribution in [1.82, 2.24) is 9.97 Å². The fraction of sp³-hybridized carbons (Fsp3) is 0.375. The summed E-state index contributed by atoms with van der Waals surface area (Å²) >= 11 is 0. The Morgan fingerprint density at radius 2 is 1.95 bits per heavy atom. The standard InChI is InChI=1S/C16H20N4/c1-2-10-17-15-11-14(12-6-4-3-5-7-12)19-16(20-15)18-13-8-9-13/h3-7,11,13H,2,8-10H2,1H3,(H2,17,18,19,20). The molecule has 0 unspecified atom stereocenters. The largest absolute Gasteiger partial charge is 0.370 e. The van der Waals surface area contributed by atoms with Crippen LogP contribution in [0.4, 0.5) is 11.8 Å². The lowest BCUT2D eigenvalue weighted by atomic mass is 10.1. The second-order valence-corrected chi connectivity index (χ2v) is 5.17. The quantitative estimate of drug-likeness (QED) is 0.841. The third-order valence-electron chi connectivity index (χ3n) is 3.26. The van der Waals surface area contributed by atoms with Crippen LogP contribution >= 0.6 is 0 Å². The fourth-order valence-electron chi connectivity index (χ4n) is 2.02. The Kier molecular flexibility index (Phi) is 3.81. The molecular formula is C16H20N4. The molecule has 20 heavy (non-hydrogen) atoms. The predicted octanol–water partition coefficient (Wildman–Crippen LogP) is 3.54. The molecule has 1 saturated carbocycles. The molecule has 4 nitrogen and oxygen atoms in total. The summed E-state index contributed by atoms with van der Waals surface area (Å²) in [5.41, 5.74) is 2.08. The van der Waals surface area contributed by atoms with Gasteiger partial charge in [-0.25, -0.2) is 4.98 Å². The zero-order valence-corrected chi connectivity index (χ0v) is 11.8. The maximum Gasteiger partial charge on any atom is 0.225 e. The van der Waals surface area contributed by atoms with E-state index in [1.54, 1.807) is 0 Å². The third kappa shape index (κ3) is 3.26. The molecule has 0 saturated heterocycles. The first-order chi connectivity index (χ1) is 9.85. The first-order valence-electron chi connectivity index (χ1n) is 7.30. The first kappa shape index (κ1) is 12.9. The lowest BCUT2D eigenvalue weighted by molar-refractivity contribution is 0.961. The second kappa shape index (κ2) is 5.90. The van der Waals surface area contributed by atoms with Crippen molar-refractivity contribution in [2.75, 3.05) is 17.2 Å². The Bertz CT molecular complexity index is 564. The molecule has 0 atom stereocenters. The zero-order chi connectivity index (χ0) is 13.8. The van der Waals surface area contributed by atoms with Crippen molar-refractivity contribution in [3.05, 3.63) is 36.4 Å². The number of nitrogens with zero attached hydrogens (tertiary/aromatic N) is 2. The summed E-state index contributed by atoms with van der Waals surface area (Å²) in [7, 11) is 0. The van der Waals surface area contributed by atoms with Crippen molar-refractivity contribution >= 4 is 11.8 Å². The highest BCUT2D eigenvalue weighted by Gasteiger charge is 2.22. The minimum absolute atomic E-state index is 0.556. The summed E-state index contributed by atoms with van der Waals surface area (Å²) in [5, 5.41) is 6.73. The van der Waals surface area contributed by atoms with Gasteiger partial charge in [-0.05, 0) is 19.3 Å². The minimum atomic E-state index is 0.556. The van der Waals surface area contributed by atoms with E-state index in [0.29, 0.717) is 6.04 Å². The van der Waals surface area contributed by atoms with Gasteiger partial charge in [0.1, 0.15) is 5.82 Å². The monoisotopic (exact) mass is 268 g/mol. The molecule has 1 heterocycles. The number of benzene rings is 1. The molecule has 4 heteroatoms. The van der Waals surface area contributed by atoms with Crippen molar-refractivity contribution < 1.29 is 0 Å². The molecule has 1 aromatic heterocycles. The Balaban J connectivity index is 1.90. The van der Waals surface area contributed by atoms with Crippen molar-refractivity contribution in [3.63, 3.8) is 0 Å². The molecule has 0 radical (unpaired) electrons. The summed E-state index contributed by atoms with van der Waals surface area (Å²) < 4.78 is 0. The molecule has 1 fully saturated rings. The molecule has 0 bridgehead atoms. The number of hydrogen-bond donors (Lipinski definition) is 2. The van der Waals surface area contributed by atoms with Gasteiger partial charge in [-0.15, -0.1) is 0 Å². The molecule has 1 aliphatic carbocycles. The van der Waals surface area contributed by atoms with E-state index in [2.05, 4.69) is 39.7 Å². The number of nitrogens with one attached hydrogen (secondary N) is 2. The molecule has 1 aliphatic rings. The van der Waals surface area contributed by atoms with Gasteiger partial charge in [-0.1, -0.05) is 37.3 Å². The highest BCUT2D eigenvalue weighted by Crippen LogP contribution is 2.26. The highest BCUT2D eigenvalue weighted by atomic mass is 15.2. The van der Waals surface area contributed by atoms with E-state index in [1.165, 1.54) is 12.8 Å². The second-order valence-electron chi connectivity index (χ2n) is 5.17. The first-order valence-corrected chi connectivity index (χ1v) is 7.30. The Morgan fingerprint density at radius 3 is 2.65 bits per heavy atom. The molecule has 0 aliphatic heterocycles. The Labute approximate surface area is 119 Å². The van der Waals surface area contributed by atoms with E-state index in [-0.39, 0.29) is 0 Å². The van der Waals surface area contributed by atoms with Crippen LogP contribution in [0.3, 0.4) is 0 Å². The molecule has 1 aromatic carbocycles. The SMILES string of the molecule is CCCNc1cc(-c2ccccc2)nc(NC2CC2)n1. The molecule has 0 amide bonds. The van der Waals surface area contributed by atoms with Crippen LogP contribution in [-0.2, 0) is 0 Å². The van der Waals surface area contributed by atoms with Crippen LogP contribution in [0.5, 0.6) is 0 Å². The van der Waals surface area contributed by atoms with Gasteiger partial charge in [0.05, 0.1) is 5.69 Å².